The second-order valence-electron chi connectivity index (χ2n) is 9.30. The second-order valence-corrected chi connectivity index (χ2v) is 9.30. The van der Waals surface area contributed by atoms with Crippen LogP contribution in [-0.2, 0) is 17.8 Å². The molecule has 0 aromatic heterocycles. The van der Waals surface area contributed by atoms with Crippen molar-refractivity contribution in [2.45, 2.75) is 57.7 Å². The number of aliphatic hydroxyl groups excluding tert-OH is 2. The number of hydrogen-bond acceptors (Lipinski definition) is 6. The fourth-order valence-corrected chi connectivity index (χ4v) is 4.34. The Kier molecular flexibility index (Phi) is 12.0. The Balaban J connectivity index is 1.14. The summed E-state index contributed by atoms with van der Waals surface area (Å²) in [4.78, 5) is 13.6. The van der Waals surface area contributed by atoms with E-state index in [2.05, 4.69) is 22.8 Å². The Morgan fingerprint density at radius 1 is 1.03 bits per heavy atom. The lowest BCUT2D eigenvalue weighted by Crippen LogP contribution is -2.27. The Hall–Kier alpha value is -2.65. The van der Waals surface area contributed by atoms with Crippen molar-refractivity contribution in [2.24, 2.45) is 0 Å². The number of carbonyl (C=O) groups is 1. The van der Waals surface area contributed by atoms with Crippen LogP contribution >= 0.6 is 0 Å². The van der Waals surface area contributed by atoms with E-state index in [-0.39, 0.29) is 18.4 Å². The van der Waals surface area contributed by atoms with Crippen LogP contribution in [0.3, 0.4) is 0 Å². The first-order chi connectivity index (χ1) is 17.6. The number of carbonyl (C=O) groups excluding carboxylic acids is 1. The van der Waals surface area contributed by atoms with E-state index in [1.165, 1.54) is 11.6 Å². The number of aliphatic hydroxyl groups is 2. The molecule has 0 aliphatic carbocycles. The number of anilines is 1. The van der Waals surface area contributed by atoms with Crippen molar-refractivity contribution in [1.29, 1.82) is 0 Å². The van der Waals surface area contributed by atoms with Gasteiger partial charge in [-0.05, 0) is 74.0 Å². The predicted molar refractivity (Wildman–Crippen MR) is 141 cm³/mol. The SMILES string of the molecule is O=C1NCCN1c1cccc(CCCCOCCCCCCNCC(O)c2ccc(O)c(CO)c2)c1. The lowest BCUT2D eigenvalue weighted by atomic mass is 10.1. The van der Waals surface area contributed by atoms with Gasteiger partial charge in [0.25, 0.3) is 0 Å². The third kappa shape index (κ3) is 9.09. The average molecular weight is 500 g/mol. The zero-order valence-electron chi connectivity index (χ0n) is 21.1. The highest BCUT2D eigenvalue weighted by Gasteiger charge is 2.20. The summed E-state index contributed by atoms with van der Waals surface area (Å²) < 4.78 is 5.78. The number of urea groups is 1. The van der Waals surface area contributed by atoms with Gasteiger partial charge >= 0.3 is 6.03 Å². The third-order valence-corrected chi connectivity index (χ3v) is 6.47. The van der Waals surface area contributed by atoms with E-state index in [4.69, 9.17) is 4.74 Å². The third-order valence-electron chi connectivity index (χ3n) is 6.47. The van der Waals surface area contributed by atoms with Crippen molar-refractivity contribution in [1.82, 2.24) is 10.6 Å². The number of nitrogens with zero attached hydrogens (tertiary/aromatic N) is 1. The van der Waals surface area contributed by atoms with E-state index < -0.39 is 6.10 Å². The first kappa shape index (κ1) is 27.9. The summed E-state index contributed by atoms with van der Waals surface area (Å²) in [5.41, 5.74) is 3.34. The summed E-state index contributed by atoms with van der Waals surface area (Å²) in [5, 5.41) is 35.2. The number of aryl methyl sites for hydroxylation is 1. The number of nitrogens with one attached hydrogen (secondary N) is 2. The fraction of sp³-hybridized carbons (Fsp3) is 0.536. The molecule has 8 heteroatoms. The molecule has 0 spiro atoms. The van der Waals surface area contributed by atoms with Crippen LogP contribution in [0, 0.1) is 0 Å². The molecule has 1 aliphatic rings. The van der Waals surface area contributed by atoms with Crippen LogP contribution in [0.2, 0.25) is 0 Å². The summed E-state index contributed by atoms with van der Waals surface area (Å²) in [6.45, 7) is 4.03. The number of unbranched alkanes of at least 4 members (excludes halogenated alkanes) is 4. The van der Waals surface area contributed by atoms with Gasteiger partial charge in [0.15, 0.2) is 0 Å². The Morgan fingerprint density at radius 3 is 2.61 bits per heavy atom. The van der Waals surface area contributed by atoms with Gasteiger partial charge in [0, 0.05) is 44.1 Å². The summed E-state index contributed by atoms with van der Waals surface area (Å²) in [6, 6.07) is 13.0. The minimum atomic E-state index is -0.667. The van der Waals surface area contributed by atoms with Gasteiger partial charge in [0.1, 0.15) is 5.75 Å². The van der Waals surface area contributed by atoms with E-state index in [1.807, 2.05) is 12.1 Å². The Morgan fingerprint density at radius 2 is 1.83 bits per heavy atom. The van der Waals surface area contributed by atoms with Gasteiger partial charge in [-0.25, -0.2) is 4.79 Å². The number of amides is 2. The lowest BCUT2D eigenvalue weighted by Gasteiger charge is -2.15. The highest BCUT2D eigenvalue weighted by molar-refractivity contribution is 5.94. The Bertz CT molecular complexity index is 939. The van der Waals surface area contributed by atoms with Crippen molar-refractivity contribution in [3.05, 3.63) is 59.2 Å². The standard InChI is InChI=1S/C28H41N3O5/c32-21-24-19-23(11-12-26(24)33)27(34)20-29-13-4-1-2-5-16-36-17-6-3-8-22-9-7-10-25(18-22)31-15-14-30-28(31)35/h7,9-12,18-19,27,29,32-34H,1-6,8,13-17,20-21H2,(H,30,35). The molecule has 0 bridgehead atoms. The fourth-order valence-electron chi connectivity index (χ4n) is 4.34. The summed E-state index contributed by atoms with van der Waals surface area (Å²) in [6.07, 6.45) is 6.76. The number of aromatic hydroxyl groups is 1. The monoisotopic (exact) mass is 499 g/mol. The summed E-state index contributed by atoms with van der Waals surface area (Å²) in [7, 11) is 0. The molecule has 2 aromatic carbocycles. The molecule has 0 saturated carbocycles. The number of rotatable bonds is 17. The normalized spacial score (nSPS) is 14.3. The molecule has 36 heavy (non-hydrogen) atoms. The average Bonchev–Trinajstić information content (AvgIpc) is 3.33. The zero-order chi connectivity index (χ0) is 25.6. The van der Waals surface area contributed by atoms with Gasteiger partial charge in [-0.3, -0.25) is 4.90 Å². The van der Waals surface area contributed by atoms with E-state index in [0.29, 0.717) is 24.2 Å². The summed E-state index contributed by atoms with van der Waals surface area (Å²) >= 11 is 0. The van der Waals surface area contributed by atoms with E-state index in [1.54, 1.807) is 17.0 Å². The molecule has 3 rings (SSSR count). The van der Waals surface area contributed by atoms with Crippen LogP contribution in [0.4, 0.5) is 10.5 Å². The molecule has 1 fully saturated rings. The number of hydrogen-bond donors (Lipinski definition) is 5. The highest BCUT2D eigenvalue weighted by Crippen LogP contribution is 2.22. The second kappa shape index (κ2) is 15.5. The minimum Gasteiger partial charge on any atom is -0.508 e. The minimum absolute atomic E-state index is 0.0146. The maximum atomic E-state index is 11.8. The molecule has 1 saturated heterocycles. The van der Waals surface area contributed by atoms with Gasteiger partial charge in [0.2, 0.25) is 0 Å². The molecule has 2 amide bonds. The van der Waals surface area contributed by atoms with Crippen molar-refractivity contribution in [3.8, 4) is 5.75 Å². The molecule has 1 aliphatic heterocycles. The largest absolute Gasteiger partial charge is 0.508 e. The smallest absolute Gasteiger partial charge is 0.321 e. The van der Waals surface area contributed by atoms with Gasteiger partial charge in [0.05, 0.1) is 12.7 Å². The first-order valence-corrected chi connectivity index (χ1v) is 13.1. The molecule has 8 nitrogen and oxygen atoms in total. The highest BCUT2D eigenvalue weighted by atomic mass is 16.5. The maximum Gasteiger partial charge on any atom is 0.321 e. The van der Waals surface area contributed by atoms with Crippen molar-refractivity contribution >= 4 is 11.7 Å². The van der Waals surface area contributed by atoms with Gasteiger partial charge < -0.3 is 30.7 Å². The van der Waals surface area contributed by atoms with E-state index in [9.17, 15) is 20.1 Å². The van der Waals surface area contributed by atoms with E-state index >= 15 is 0 Å². The van der Waals surface area contributed by atoms with Crippen LogP contribution in [-0.4, -0.2) is 60.7 Å². The van der Waals surface area contributed by atoms with Gasteiger partial charge in [-0.15, -0.1) is 0 Å². The topological polar surface area (TPSA) is 114 Å². The molecular formula is C28H41N3O5. The molecular weight excluding hydrogens is 458 g/mol. The van der Waals surface area contributed by atoms with Gasteiger partial charge in [-0.2, -0.15) is 0 Å². The number of ether oxygens (including phenoxy) is 1. The molecule has 5 N–H and O–H groups in total. The molecule has 198 valence electrons. The van der Waals surface area contributed by atoms with Crippen LogP contribution in [0.25, 0.3) is 0 Å². The number of phenols is 1. The van der Waals surface area contributed by atoms with Crippen LogP contribution in [0.5, 0.6) is 5.75 Å². The van der Waals surface area contributed by atoms with Crippen LogP contribution < -0.4 is 15.5 Å². The maximum absolute atomic E-state index is 11.8. The van der Waals surface area contributed by atoms with Crippen molar-refractivity contribution < 1.29 is 24.9 Å². The predicted octanol–water partition coefficient (Wildman–Crippen LogP) is 3.64. The van der Waals surface area contributed by atoms with Crippen LogP contribution in [0.15, 0.2) is 42.5 Å². The molecule has 1 atom stereocenters. The van der Waals surface area contributed by atoms with E-state index in [0.717, 1.165) is 76.9 Å². The Labute approximate surface area is 214 Å². The quantitative estimate of drug-likeness (QED) is 0.212. The first-order valence-electron chi connectivity index (χ1n) is 13.1. The molecule has 1 heterocycles. The lowest BCUT2D eigenvalue weighted by molar-refractivity contribution is 0.126. The molecule has 0 radical (unpaired) electrons. The molecule has 2 aromatic rings. The van der Waals surface area contributed by atoms with Crippen LogP contribution in [0.1, 0.15) is 61.3 Å². The summed E-state index contributed by atoms with van der Waals surface area (Å²) in [5.74, 6) is 0.0433. The zero-order valence-corrected chi connectivity index (χ0v) is 21.1. The van der Waals surface area contributed by atoms with Gasteiger partial charge in [-0.1, -0.05) is 31.0 Å². The number of benzene rings is 2. The van der Waals surface area contributed by atoms with Crippen molar-refractivity contribution in [2.75, 3.05) is 44.3 Å². The molecule has 1 unspecified atom stereocenters. The van der Waals surface area contributed by atoms with Crippen molar-refractivity contribution in [3.63, 3.8) is 0 Å².